The molecule has 3 rings (SSSR count). The topological polar surface area (TPSA) is 6.48 Å². The van der Waals surface area contributed by atoms with E-state index in [1.165, 1.54) is 5.56 Å². The maximum atomic E-state index is 13.7. The smallest absolute Gasteiger partial charge is 0.127 e. The molecule has 2 aromatic carbocycles. The number of rotatable bonds is 5. The van der Waals surface area contributed by atoms with Crippen LogP contribution in [-0.4, -0.2) is 42.5 Å². The van der Waals surface area contributed by atoms with Gasteiger partial charge in [0, 0.05) is 44.8 Å². The summed E-state index contributed by atoms with van der Waals surface area (Å²) in [6.45, 7) is 5.74. The van der Waals surface area contributed by atoms with Gasteiger partial charge in [-0.05, 0) is 11.6 Å². The van der Waals surface area contributed by atoms with Crippen molar-refractivity contribution in [3.63, 3.8) is 0 Å². The second kappa shape index (κ2) is 8.04. The van der Waals surface area contributed by atoms with Crippen LogP contribution in [0.4, 0.5) is 4.39 Å². The van der Waals surface area contributed by atoms with Gasteiger partial charge in [0.2, 0.25) is 0 Å². The van der Waals surface area contributed by atoms with Crippen LogP contribution in [0.2, 0.25) is 0 Å². The normalized spacial score (nSPS) is 16.9. The molecule has 3 heteroatoms. The predicted molar refractivity (Wildman–Crippen MR) is 93.6 cm³/mol. The summed E-state index contributed by atoms with van der Waals surface area (Å²) < 4.78 is 13.7. The molecular formula is C20H23FN2. The van der Waals surface area contributed by atoms with Gasteiger partial charge in [-0.2, -0.15) is 0 Å². The molecule has 0 amide bonds. The summed E-state index contributed by atoms with van der Waals surface area (Å²) in [5.74, 6) is -0.0966. The molecule has 1 heterocycles. The lowest BCUT2D eigenvalue weighted by molar-refractivity contribution is 0.136. The van der Waals surface area contributed by atoms with E-state index in [9.17, 15) is 4.39 Å². The summed E-state index contributed by atoms with van der Waals surface area (Å²) >= 11 is 0. The Kier molecular flexibility index (Phi) is 5.56. The standard InChI is InChI=1S/C20H23FN2/c21-20-11-5-4-10-19(20)17-23-15-13-22(14-16-23)12-6-9-18-7-2-1-3-8-18/h1-11H,12-17H2/b9-6+. The Hall–Kier alpha value is -1.97. The highest BCUT2D eigenvalue weighted by Crippen LogP contribution is 2.12. The van der Waals surface area contributed by atoms with Gasteiger partial charge in [-0.15, -0.1) is 0 Å². The fourth-order valence-corrected chi connectivity index (χ4v) is 2.90. The molecular weight excluding hydrogens is 287 g/mol. The molecule has 120 valence electrons. The van der Waals surface area contributed by atoms with Crippen LogP contribution in [-0.2, 0) is 6.54 Å². The van der Waals surface area contributed by atoms with Crippen LogP contribution in [0.1, 0.15) is 11.1 Å². The van der Waals surface area contributed by atoms with Gasteiger partial charge < -0.3 is 0 Å². The van der Waals surface area contributed by atoms with Crippen molar-refractivity contribution in [1.82, 2.24) is 9.80 Å². The maximum absolute atomic E-state index is 13.7. The van der Waals surface area contributed by atoms with E-state index in [0.29, 0.717) is 6.54 Å². The van der Waals surface area contributed by atoms with Gasteiger partial charge in [-0.1, -0.05) is 60.7 Å². The fourth-order valence-electron chi connectivity index (χ4n) is 2.90. The van der Waals surface area contributed by atoms with Crippen LogP contribution in [0.25, 0.3) is 6.08 Å². The van der Waals surface area contributed by atoms with Crippen molar-refractivity contribution in [2.45, 2.75) is 6.54 Å². The number of halogens is 1. The van der Waals surface area contributed by atoms with Crippen LogP contribution >= 0.6 is 0 Å². The van der Waals surface area contributed by atoms with Crippen molar-refractivity contribution < 1.29 is 4.39 Å². The van der Waals surface area contributed by atoms with E-state index in [4.69, 9.17) is 0 Å². The van der Waals surface area contributed by atoms with Gasteiger partial charge in [0.15, 0.2) is 0 Å². The largest absolute Gasteiger partial charge is 0.297 e. The minimum Gasteiger partial charge on any atom is -0.297 e. The second-order valence-electron chi connectivity index (χ2n) is 5.98. The molecule has 0 spiro atoms. The van der Waals surface area contributed by atoms with E-state index in [1.54, 1.807) is 12.1 Å². The Labute approximate surface area is 137 Å². The summed E-state index contributed by atoms with van der Waals surface area (Å²) in [5.41, 5.74) is 2.04. The van der Waals surface area contributed by atoms with E-state index in [0.717, 1.165) is 38.3 Å². The summed E-state index contributed by atoms with van der Waals surface area (Å²) in [6.07, 6.45) is 4.40. The zero-order valence-corrected chi connectivity index (χ0v) is 13.4. The molecule has 0 unspecified atom stereocenters. The third-order valence-electron chi connectivity index (χ3n) is 4.29. The molecule has 0 atom stereocenters. The van der Waals surface area contributed by atoms with E-state index >= 15 is 0 Å². The third kappa shape index (κ3) is 4.75. The third-order valence-corrected chi connectivity index (χ3v) is 4.29. The molecule has 23 heavy (non-hydrogen) atoms. The number of nitrogens with zero attached hydrogens (tertiary/aromatic N) is 2. The minimum absolute atomic E-state index is 0.0966. The van der Waals surface area contributed by atoms with Crippen LogP contribution in [0, 0.1) is 5.82 Å². The lowest BCUT2D eigenvalue weighted by Crippen LogP contribution is -2.45. The second-order valence-corrected chi connectivity index (χ2v) is 5.98. The Balaban J connectivity index is 1.44. The van der Waals surface area contributed by atoms with Crippen molar-refractivity contribution in [3.8, 4) is 0 Å². The predicted octanol–water partition coefficient (Wildman–Crippen LogP) is 3.66. The van der Waals surface area contributed by atoms with Gasteiger partial charge in [-0.3, -0.25) is 9.80 Å². The highest BCUT2D eigenvalue weighted by molar-refractivity contribution is 5.48. The van der Waals surface area contributed by atoms with Crippen LogP contribution in [0.3, 0.4) is 0 Å². The van der Waals surface area contributed by atoms with Crippen molar-refractivity contribution in [2.75, 3.05) is 32.7 Å². The quantitative estimate of drug-likeness (QED) is 0.831. The highest BCUT2D eigenvalue weighted by atomic mass is 19.1. The fraction of sp³-hybridized carbons (Fsp3) is 0.300. The lowest BCUT2D eigenvalue weighted by Gasteiger charge is -2.34. The molecule has 1 fully saturated rings. The highest BCUT2D eigenvalue weighted by Gasteiger charge is 2.16. The Morgan fingerprint density at radius 3 is 2.22 bits per heavy atom. The summed E-state index contributed by atoms with van der Waals surface area (Å²) in [5, 5.41) is 0. The van der Waals surface area contributed by atoms with Gasteiger partial charge in [0.05, 0.1) is 0 Å². The Morgan fingerprint density at radius 2 is 1.48 bits per heavy atom. The Morgan fingerprint density at radius 1 is 0.826 bits per heavy atom. The molecule has 1 aliphatic rings. The first kappa shape index (κ1) is 15.9. The first-order valence-electron chi connectivity index (χ1n) is 8.21. The molecule has 0 aliphatic carbocycles. The van der Waals surface area contributed by atoms with Crippen LogP contribution in [0.5, 0.6) is 0 Å². The molecule has 2 aromatic rings. The van der Waals surface area contributed by atoms with Gasteiger partial charge >= 0.3 is 0 Å². The van der Waals surface area contributed by atoms with Crippen molar-refractivity contribution >= 4 is 6.08 Å². The van der Waals surface area contributed by atoms with Gasteiger partial charge in [-0.25, -0.2) is 4.39 Å². The van der Waals surface area contributed by atoms with E-state index < -0.39 is 0 Å². The molecule has 0 saturated carbocycles. The molecule has 2 nitrogen and oxygen atoms in total. The number of hydrogen-bond acceptors (Lipinski definition) is 2. The van der Waals surface area contributed by atoms with Crippen molar-refractivity contribution in [2.24, 2.45) is 0 Å². The number of benzene rings is 2. The lowest BCUT2D eigenvalue weighted by atomic mass is 10.2. The average molecular weight is 310 g/mol. The molecule has 0 radical (unpaired) electrons. The van der Waals surface area contributed by atoms with E-state index in [-0.39, 0.29) is 5.82 Å². The van der Waals surface area contributed by atoms with Crippen LogP contribution < -0.4 is 0 Å². The average Bonchev–Trinajstić information content (AvgIpc) is 2.59. The molecule has 0 bridgehead atoms. The summed E-state index contributed by atoms with van der Waals surface area (Å²) in [4.78, 5) is 4.77. The maximum Gasteiger partial charge on any atom is 0.127 e. The van der Waals surface area contributed by atoms with Gasteiger partial charge in [0.1, 0.15) is 5.82 Å². The zero-order valence-electron chi connectivity index (χ0n) is 13.4. The molecule has 1 aliphatic heterocycles. The SMILES string of the molecule is Fc1ccccc1CN1CCN(C/C=C/c2ccccc2)CC1. The molecule has 0 aromatic heterocycles. The zero-order chi connectivity index (χ0) is 15.9. The number of piperazine rings is 1. The monoisotopic (exact) mass is 310 g/mol. The number of hydrogen-bond donors (Lipinski definition) is 0. The van der Waals surface area contributed by atoms with Crippen molar-refractivity contribution in [1.29, 1.82) is 0 Å². The summed E-state index contributed by atoms with van der Waals surface area (Å²) in [7, 11) is 0. The minimum atomic E-state index is -0.0966. The summed E-state index contributed by atoms with van der Waals surface area (Å²) in [6, 6.07) is 17.4. The van der Waals surface area contributed by atoms with Gasteiger partial charge in [0.25, 0.3) is 0 Å². The first-order chi connectivity index (χ1) is 11.3. The van der Waals surface area contributed by atoms with Crippen molar-refractivity contribution in [3.05, 3.63) is 77.6 Å². The molecule has 1 saturated heterocycles. The van der Waals surface area contributed by atoms with Crippen LogP contribution in [0.15, 0.2) is 60.7 Å². The molecule has 0 N–H and O–H groups in total. The Bertz CT molecular complexity index is 631. The van der Waals surface area contributed by atoms with E-state index in [2.05, 4.69) is 46.2 Å². The van der Waals surface area contributed by atoms with E-state index in [1.807, 2.05) is 18.2 Å². The first-order valence-corrected chi connectivity index (χ1v) is 8.21.